The highest BCUT2D eigenvalue weighted by Crippen LogP contribution is 2.30. The number of para-hydroxylation sites is 1. The molecule has 0 saturated carbocycles. The van der Waals surface area contributed by atoms with E-state index in [0.29, 0.717) is 11.7 Å². The van der Waals surface area contributed by atoms with Crippen molar-refractivity contribution in [3.8, 4) is 5.75 Å². The molecular formula is C17H19NO2. The number of ether oxygens (including phenoxy) is 1. The minimum Gasteiger partial charge on any atom is -0.476 e. The van der Waals surface area contributed by atoms with E-state index in [1.165, 1.54) is 0 Å². The monoisotopic (exact) mass is 269 g/mol. The van der Waals surface area contributed by atoms with Crippen LogP contribution >= 0.6 is 0 Å². The molecule has 1 unspecified atom stereocenters. The van der Waals surface area contributed by atoms with Gasteiger partial charge in [-0.15, -0.1) is 0 Å². The number of carbonyl (C=O) groups excluding carboxylic acids is 1. The Bertz CT molecular complexity index is 579. The van der Waals surface area contributed by atoms with E-state index in [1.807, 2.05) is 54.6 Å². The maximum Gasteiger partial charge on any atom is 0.263 e. The molecule has 0 aliphatic carbocycles. The largest absolute Gasteiger partial charge is 0.476 e. The van der Waals surface area contributed by atoms with E-state index in [2.05, 4.69) is 13.8 Å². The summed E-state index contributed by atoms with van der Waals surface area (Å²) in [5.74, 6) is 0.528. The molecule has 20 heavy (non-hydrogen) atoms. The van der Waals surface area contributed by atoms with E-state index in [9.17, 15) is 4.79 Å². The van der Waals surface area contributed by atoms with Crippen molar-refractivity contribution in [3.63, 3.8) is 0 Å². The van der Waals surface area contributed by atoms with E-state index in [4.69, 9.17) is 10.5 Å². The molecule has 2 rings (SSSR count). The molecule has 3 heteroatoms. The van der Waals surface area contributed by atoms with Crippen LogP contribution in [0.3, 0.4) is 0 Å². The molecular weight excluding hydrogens is 250 g/mol. The van der Waals surface area contributed by atoms with Crippen LogP contribution in [0.25, 0.3) is 0 Å². The number of primary amides is 1. The fourth-order valence-corrected chi connectivity index (χ4v) is 2.11. The minimum atomic E-state index is -0.768. The van der Waals surface area contributed by atoms with Crippen LogP contribution < -0.4 is 10.5 Å². The zero-order valence-corrected chi connectivity index (χ0v) is 11.7. The van der Waals surface area contributed by atoms with Crippen LogP contribution in [-0.4, -0.2) is 5.91 Å². The Morgan fingerprint density at radius 1 is 1.00 bits per heavy atom. The minimum absolute atomic E-state index is 0.315. The molecule has 0 saturated heterocycles. The van der Waals surface area contributed by atoms with Crippen LogP contribution in [0.15, 0.2) is 54.6 Å². The lowest BCUT2D eigenvalue weighted by Gasteiger charge is -2.20. The van der Waals surface area contributed by atoms with Gasteiger partial charge >= 0.3 is 0 Å². The maximum absolute atomic E-state index is 11.7. The molecule has 0 heterocycles. The predicted molar refractivity (Wildman–Crippen MR) is 79.5 cm³/mol. The molecule has 2 aromatic rings. The predicted octanol–water partition coefficient (Wildman–Crippen LogP) is 3.42. The van der Waals surface area contributed by atoms with Gasteiger partial charge in [0, 0.05) is 5.56 Å². The van der Waals surface area contributed by atoms with Crippen molar-refractivity contribution in [2.45, 2.75) is 25.9 Å². The average Bonchev–Trinajstić information content (AvgIpc) is 2.45. The molecule has 0 aliphatic rings. The van der Waals surface area contributed by atoms with Gasteiger partial charge in [-0.05, 0) is 17.5 Å². The van der Waals surface area contributed by atoms with Crippen LogP contribution in [0.1, 0.15) is 37.0 Å². The maximum atomic E-state index is 11.7. The van der Waals surface area contributed by atoms with E-state index in [0.717, 1.165) is 11.1 Å². The first-order valence-electron chi connectivity index (χ1n) is 6.69. The Morgan fingerprint density at radius 3 is 2.20 bits per heavy atom. The molecule has 0 bridgehead atoms. The molecule has 0 aromatic heterocycles. The number of hydrogen-bond acceptors (Lipinski definition) is 2. The Balaban J connectivity index is 2.33. The third kappa shape index (κ3) is 3.18. The Morgan fingerprint density at radius 2 is 1.60 bits per heavy atom. The summed E-state index contributed by atoms with van der Waals surface area (Å²) < 4.78 is 5.88. The molecule has 1 amide bonds. The fraction of sp³-hybridized carbons (Fsp3) is 0.235. The van der Waals surface area contributed by atoms with Crippen LogP contribution in [0, 0.1) is 0 Å². The summed E-state index contributed by atoms with van der Waals surface area (Å²) in [7, 11) is 0. The van der Waals surface area contributed by atoms with Gasteiger partial charge in [0.1, 0.15) is 5.75 Å². The van der Waals surface area contributed by atoms with Crippen LogP contribution in [0.5, 0.6) is 5.75 Å². The van der Waals surface area contributed by atoms with Gasteiger partial charge < -0.3 is 10.5 Å². The van der Waals surface area contributed by atoms with E-state index in [1.54, 1.807) is 0 Å². The highest BCUT2D eigenvalue weighted by Gasteiger charge is 2.21. The zero-order valence-electron chi connectivity index (χ0n) is 11.7. The summed E-state index contributed by atoms with van der Waals surface area (Å²) in [6.45, 7) is 4.17. The van der Waals surface area contributed by atoms with E-state index >= 15 is 0 Å². The number of rotatable bonds is 5. The summed E-state index contributed by atoms with van der Waals surface area (Å²) in [6, 6.07) is 17.0. The van der Waals surface area contributed by atoms with Crippen molar-refractivity contribution < 1.29 is 9.53 Å². The first-order valence-corrected chi connectivity index (χ1v) is 6.69. The third-order valence-electron chi connectivity index (χ3n) is 3.15. The average molecular weight is 269 g/mol. The first-order chi connectivity index (χ1) is 9.59. The van der Waals surface area contributed by atoms with Gasteiger partial charge in [0.25, 0.3) is 5.91 Å². The summed E-state index contributed by atoms with van der Waals surface area (Å²) >= 11 is 0. The molecule has 0 radical (unpaired) electrons. The van der Waals surface area contributed by atoms with E-state index < -0.39 is 12.0 Å². The molecule has 104 valence electrons. The Hall–Kier alpha value is -2.29. The summed E-state index contributed by atoms with van der Waals surface area (Å²) in [5.41, 5.74) is 7.31. The van der Waals surface area contributed by atoms with Gasteiger partial charge in [-0.3, -0.25) is 4.79 Å². The van der Waals surface area contributed by atoms with Gasteiger partial charge in [-0.2, -0.15) is 0 Å². The van der Waals surface area contributed by atoms with Crippen molar-refractivity contribution >= 4 is 5.91 Å². The number of nitrogens with two attached hydrogens (primary N) is 1. The quantitative estimate of drug-likeness (QED) is 0.904. The van der Waals surface area contributed by atoms with Gasteiger partial charge in [0.05, 0.1) is 0 Å². The lowest BCUT2D eigenvalue weighted by Crippen LogP contribution is -2.26. The number of hydrogen-bond donors (Lipinski definition) is 1. The highest BCUT2D eigenvalue weighted by atomic mass is 16.5. The third-order valence-corrected chi connectivity index (χ3v) is 3.15. The van der Waals surface area contributed by atoms with Crippen molar-refractivity contribution in [3.05, 3.63) is 65.7 Å². The van der Waals surface area contributed by atoms with Crippen LogP contribution in [-0.2, 0) is 4.79 Å². The lowest BCUT2D eigenvalue weighted by atomic mass is 10.0. The van der Waals surface area contributed by atoms with Gasteiger partial charge in [-0.25, -0.2) is 0 Å². The van der Waals surface area contributed by atoms with Crippen molar-refractivity contribution in [1.29, 1.82) is 0 Å². The second kappa shape index (κ2) is 6.24. The highest BCUT2D eigenvalue weighted by molar-refractivity contribution is 5.80. The lowest BCUT2D eigenvalue weighted by molar-refractivity contribution is -0.125. The molecule has 3 nitrogen and oxygen atoms in total. The van der Waals surface area contributed by atoms with Gasteiger partial charge in [-0.1, -0.05) is 62.4 Å². The fourth-order valence-electron chi connectivity index (χ4n) is 2.11. The van der Waals surface area contributed by atoms with E-state index in [-0.39, 0.29) is 0 Å². The molecule has 2 aromatic carbocycles. The SMILES string of the molecule is CC(C)c1ccccc1OC(C(N)=O)c1ccccc1. The normalized spacial score (nSPS) is 12.2. The Labute approximate surface area is 119 Å². The molecule has 1 atom stereocenters. The first kappa shape index (κ1) is 14.1. The molecule has 0 fully saturated rings. The van der Waals surface area contributed by atoms with Crippen LogP contribution in [0.2, 0.25) is 0 Å². The summed E-state index contributed by atoms with van der Waals surface area (Å²) in [4.78, 5) is 11.7. The molecule has 0 spiro atoms. The zero-order chi connectivity index (χ0) is 14.5. The molecule has 0 aliphatic heterocycles. The topological polar surface area (TPSA) is 52.3 Å². The standard InChI is InChI=1S/C17H19NO2/c1-12(2)14-10-6-7-11-15(14)20-16(17(18)19)13-8-4-3-5-9-13/h3-12,16H,1-2H3,(H2,18,19). The van der Waals surface area contributed by atoms with Crippen molar-refractivity contribution in [2.75, 3.05) is 0 Å². The van der Waals surface area contributed by atoms with Gasteiger partial charge in [0.2, 0.25) is 6.10 Å². The second-order valence-corrected chi connectivity index (χ2v) is 5.00. The number of benzene rings is 2. The van der Waals surface area contributed by atoms with Crippen molar-refractivity contribution in [1.82, 2.24) is 0 Å². The smallest absolute Gasteiger partial charge is 0.263 e. The number of carbonyl (C=O) groups is 1. The van der Waals surface area contributed by atoms with Crippen molar-refractivity contribution in [2.24, 2.45) is 5.73 Å². The number of amides is 1. The Kier molecular flexibility index (Phi) is 4.41. The molecule has 2 N–H and O–H groups in total. The summed E-state index contributed by atoms with van der Waals surface area (Å²) in [6.07, 6.45) is -0.768. The van der Waals surface area contributed by atoms with Crippen LogP contribution in [0.4, 0.5) is 0 Å². The summed E-state index contributed by atoms with van der Waals surface area (Å²) in [5, 5.41) is 0. The second-order valence-electron chi connectivity index (χ2n) is 5.00. The van der Waals surface area contributed by atoms with Gasteiger partial charge in [0.15, 0.2) is 0 Å².